The van der Waals surface area contributed by atoms with Crippen LogP contribution in [0.2, 0.25) is 0 Å². The highest BCUT2D eigenvalue weighted by molar-refractivity contribution is 9.10. The lowest BCUT2D eigenvalue weighted by molar-refractivity contribution is 0.609. The van der Waals surface area contributed by atoms with E-state index in [0.29, 0.717) is 15.7 Å². The van der Waals surface area contributed by atoms with Gasteiger partial charge in [-0.15, -0.1) is 0 Å². The molecule has 0 aromatic heterocycles. The van der Waals surface area contributed by atoms with Gasteiger partial charge >= 0.3 is 0 Å². The average molecular weight is 312 g/mol. The van der Waals surface area contributed by atoms with E-state index >= 15 is 0 Å². The van der Waals surface area contributed by atoms with Gasteiger partial charge in [-0.2, -0.15) is 0 Å². The van der Waals surface area contributed by atoms with Crippen LogP contribution in [0.3, 0.4) is 0 Å². The Kier molecular flexibility index (Phi) is 3.97. The number of hydrogen-bond acceptors (Lipinski definition) is 1. The molecule has 0 aliphatic carbocycles. The van der Waals surface area contributed by atoms with Crippen LogP contribution in [0.5, 0.6) is 0 Å². The summed E-state index contributed by atoms with van der Waals surface area (Å²) in [5, 5.41) is 2.90. The largest absolute Gasteiger partial charge is 0.378 e. The summed E-state index contributed by atoms with van der Waals surface area (Å²) >= 11 is 3.26. The fraction of sp³-hybridized carbons (Fsp3) is 0.143. The first kappa shape index (κ1) is 13.0. The van der Waals surface area contributed by atoms with E-state index in [1.807, 2.05) is 6.92 Å². The molecule has 0 heterocycles. The van der Waals surface area contributed by atoms with Crippen LogP contribution in [-0.4, -0.2) is 0 Å². The molecule has 94 valence electrons. The third-order valence-corrected chi connectivity index (χ3v) is 3.28. The second kappa shape index (κ2) is 5.48. The van der Waals surface area contributed by atoms with E-state index in [1.165, 1.54) is 12.1 Å². The summed E-state index contributed by atoms with van der Waals surface area (Å²) < 4.78 is 27.7. The molecule has 2 rings (SSSR count). The maximum atomic E-state index is 13.5. The first-order valence-corrected chi connectivity index (χ1v) is 6.30. The zero-order valence-electron chi connectivity index (χ0n) is 9.81. The molecule has 2 aromatic carbocycles. The lowest BCUT2D eigenvalue weighted by Gasteiger charge is -2.10. The quantitative estimate of drug-likeness (QED) is 0.870. The van der Waals surface area contributed by atoms with Crippen molar-refractivity contribution in [2.45, 2.75) is 13.5 Å². The zero-order valence-corrected chi connectivity index (χ0v) is 11.4. The molecule has 4 heteroatoms. The van der Waals surface area contributed by atoms with Crippen LogP contribution < -0.4 is 5.32 Å². The Morgan fingerprint density at radius 2 is 1.89 bits per heavy atom. The first-order valence-electron chi connectivity index (χ1n) is 5.51. The van der Waals surface area contributed by atoms with E-state index in [4.69, 9.17) is 0 Å². The highest BCUT2D eigenvalue weighted by Crippen LogP contribution is 2.26. The lowest BCUT2D eigenvalue weighted by atomic mass is 10.1. The number of nitrogens with one attached hydrogen (secondary N) is 1. The van der Waals surface area contributed by atoms with Gasteiger partial charge in [0.15, 0.2) is 0 Å². The third-order valence-electron chi connectivity index (χ3n) is 2.62. The molecule has 0 atom stereocenters. The highest BCUT2D eigenvalue weighted by Gasteiger charge is 2.07. The van der Waals surface area contributed by atoms with Crippen molar-refractivity contribution in [2.24, 2.45) is 0 Å². The van der Waals surface area contributed by atoms with E-state index in [0.717, 1.165) is 5.56 Å². The van der Waals surface area contributed by atoms with Crippen LogP contribution in [0.1, 0.15) is 11.1 Å². The van der Waals surface area contributed by atoms with E-state index < -0.39 is 0 Å². The Morgan fingerprint density at radius 3 is 2.61 bits per heavy atom. The number of para-hydroxylation sites is 1. The Labute approximate surface area is 113 Å². The summed E-state index contributed by atoms with van der Waals surface area (Å²) in [6.07, 6.45) is 0. The minimum absolute atomic E-state index is 0.243. The molecule has 1 nitrogen and oxygen atoms in total. The van der Waals surface area contributed by atoms with Crippen molar-refractivity contribution in [3.63, 3.8) is 0 Å². The van der Waals surface area contributed by atoms with E-state index in [9.17, 15) is 8.78 Å². The topological polar surface area (TPSA) is 12.0 Å². The van der Waals surface area contributed by atoms with Crippen LogP contribution in [0, 0.1) is 18.6 Å². The molecule has 0 fully saturated rings. The maximum Gasteiger partial charge on any atom is 0.147 e. The van der Waals surface area contributed by atoms with Crippen LogP contribution in [0.15, 0.2) is 40.9 Å². The van der Waals surface area contributed by atoms with Gasteiger partial charge in [-0.25, -0.2) is 8.78 Å². The second-order valence-electron chi connectivity index (χ2n) is 4.05. The summed E-state index contributed by atoms with van der Waals surface area (Å²) in [5.74, 6) is -0.655. The van der Waals surface area contributed by atoms with E-state index in [2.05, 4.69) is 21.2 Å². The van der Waals surface area contributed by atoms with Gasteiger partial charge in [-0.3, -0.25) is 0 Å². The van der Waals surface area contributed by atoms with Crippen molar-refractivity contribution in [1.29, 1.82) is 0 Å². The monoisotopic (exact) mass is 311 g/mol. The van der Waals surface area contributed by atoms with Gasteiger partial charge in [0.25, 0.3) is 0 Å². The van der Waals surface area contributed by atoms with Crippen molar-refractivity contribution in [1.82, 2.24) is 0 Å². The lowest BCUT2D eigenvalue weighted by Crippen LogP contribution is -2.04. The van der Waals surface area contributed by atoms with E-state index in [1.54, 1.807) is 24.3 Å². The number of halogens is 3. The van der Waals surface area contributed by atoms with Gasteiger partial charge in [0.2, 0.25) is 0 Å². The minimum Gasteiger partial charge on any atom is -0.378 e. The Bertz CT molecular complexity index is 549. The molecule has 0 aliphatic heterocycles. The Morgan fingerprint density at radius 1 is 1.11 bits per heavy atom. The van der Waals surface area contributed by atoms with Gasteiger partial charge in [-0.1, -0.05) is 23.8 Å². The summed E-state index contributed by atoms with van der Waals surface area (Å²) in [6.45, 7) is 2.13. The summed E-state index contributed by atoms with van der Waals surface area (Å²) in [4.78, 5) is 0. The average Bonchev–Trinajstić information content (AvgIpc) is 2.33. The number of hydrogen-bond donors (Lipinski definition) is 1. The minimum atomic E-state index is -0.363. The van der Waals surface area contributed by atoms with Crippen LogP contribution in [0.4, 0.5) is 14.5 Å². The first-order chi connectivity index (χ1) is 8.58. The van der Waals surface area contributed by atoms with Crippen molar-refractivity contribution in [3.8, 4) is 0 Å². The summed E-state index contributed by atoms with van der Waals surface area (Å²) in [7, 11) is 0. The fourth-order valence-corrected chi connectivity index (χ4v) is 2.17. The molecule has 1 N–H and O–H groups in total. The van der Waals surface area contributed by atoms with Crippen molar-refractivity contribution in [3.05, 3.63) is 63.6 Å². The Hall–Kier alpha value is -1.42. The Balaban J connectivity index is 2.19. The molecule has 0 aliphatic rings. The summed E-state index contributed by atoms with van der Waals surface area (Å²) in [5.41, 5.74) is 1.84. The van der Waals surface area contributed by atoms with Crippen LogP contribution >= 0.6 is 15.9 Å². The molecule has 2 aromatic rings. The molecular formula is C14H12BrF2N. The molecular weight excluding hydrogens is 300 g/mol. The second-order valence-corrected chi connectivity index (χ2v) is 4.90. The smallest absolute Gasteiger partial charge is 0.147 e. The predicted octanol–water partition coefficient (Wildman–Crippen LogP) is 4.65. The van der Waals surface area contributed by atoms with Gasteiger partial charge in [0.1, 0.15) is 11.6 Å². The highest BCUT2D eigenvalue weighted by atomic mass is 79.9. The van der Waals surface area contributed by atoms with E-state index in [-0.39, 0.29) is 18.2 Å². The van der Waals surface area contributed by atoms with Gasteiger partial charge in [0.05, 0.1) is 5.69 Å². The molecule has 0 spiro atoms. The third kappa shape index (κ3) is 2.88. The molecule has 0 amide bonds. The molecule has 0 bridgehead atoms. The standard InChI is InChI=1S/C14H12BrF2N/c1-9-5-6-12(16)10(7-9)8-18-14-11(15)3-2-4-13(14)17/h2-7,18H,8H2,1H3. The van der Waals surface area contributed by atoms with Crippen molar-refractivity contribution < 1.29 is 8.78 Å². The maximum absolute atomic E-state index is 13.5. The van der Waals surface area contributed by atoms with Crippen LogP contribution in [0.25, 0.3) is 0 Å². The van der Waals surface area contributed by atoms with Gasteiger partial charge < -0.3 is 5.32 Å². The molecule has 0 radical (unpaired) electrons. The fourth-order valence-electron chi connectivity index (χ4n) is 1.69. The molecule has 0 unspecified atom stereocenters. The number of anilines is 1. The van der Waals surface area contributed by atoms with Crippen molar-refractivity contribution in [2.75, 3.05) is 5.32 Å². The molecule has 0 saturated heterocycles. The SMILES string of the molecule is Cc1ccc(F)c(CNc2c(F)cccc2Br)c1. The van der Waals surface area contributed by atoms with Crippen molar-refractivity contribution >= 4 is 21.6 Å². The number of benzene rings is 2. The number of aryl methyl sites for hydroxylation is 1. The number of rotatable bonds is 3. The van der Waals surface area contributed by atoms with Gasteiger partial charge in [-0.05, 0) is 41.1 Å². The van der Waals surface area contributed by atoms with Crippen LogP contribution in [-0.2, 0) is 6.54 Å². The molecule has 18 heavy (non-hydrogen) atoms. The zero-order chi connectivity index (χ0) is 13.1. The normalized spacial score (nSPS) is 10.4. The van der Waals surface area contributed by atoms with Gasteiger partial charge in [0, 0.05) is 16.6 Å². The predicted molar refractivity (Wildman–Crippen MR) is 72.6 cm³/mol. The summed E-state index contributed by atoms with van der Waals surface area (Å²) in [6, 6.07) is 9.58. The molecule has 0 saturated carbocycles.